The van der Waals surface area contributed by atoms with Gasteiger partial charge in [-0.2, -0.15) is 4.39 Å². The third-order valence-corrected chi connectivity index (χ3v) is 3.52. The first-order chi connectivity index (χ1) is 7.78. The van der Waals surface area contributed by atoms with Crippen LogP contribution in [0.4, 0.5) is 14.5 Å². The van der Waals surface area contributed by atoms with Crippen molar-refractivity contribution in [2.75, 3.05) is 0 Å². The molecule has 0 bridgehead atoms. The fourth-order valence-corrected chi connectivity index (χ4v) is 2.21. The van der Waals surface area contributed by atoms with E-state index in [1.165, 1.54) is 0 Å². The lowest BCUT2D eigenvalue weighted by molar-refractivity contribution is -0.387. The van der Waals surface area contributed by atoms with Crippen molar-refractivity contribution in [3.8, 4) is 0 Å². The summed E-state index contributed by atoms with van der Waals surface area (Å²) in [6.45, 7) is 3.56. The Hall–Kier alpha value is -1.56. The van der Waals surface area contributed by atoms with Gasteiger partial charge >= 0.3 is 5.69 Å². The highest BCUT2D eigenvalue weighted by Gasteiger charge is 2.58. The zero-order valence-electron chi connectivity index (χ0n) is 9.41. The molecule has 1 fully saturated rings. The Kier molecular flexibility index (Phi) is 2.43. The van der Waals surface area contributed by atoms with E-state index in [1.807, 2.05) is 0 Å². The molecule has 1 aliphatic rings. The van der Waals surface area contributed by atoms with E-state index >= 15 is 0 Å². The number of benzene rings is 1. The summed E-state index contributed by atoms with van der Waals surface area (Å²) in [5, 5.41) is 10.6. The first-order valence-electron chi connectivity index (χ1n) is 5.16. The monoisotopic (exact) mass is 242 g/mol. The van der Waals surface area contributed by atoms with Gasteiger partial charge in [-0.05, 0) is 11.5 Å². The zero-order valence-corrected chi connectivity index (χ0v) is 9.41. The Morgan fingerprint density at radius 2 is 1.94 bits per heavy atom. The molecule has 2 unspecified atom stereocenters. The smallest absolute Gasteiger partial charge is 0.305 e. The van der Waals surface area contributed by atoms with Crippen LogP contribution in [0, 0.1) is 27.2 Å². The van der Waals surface area contributed by atoms with Gasteiger partial charge in [0, 0.05) is 23.6 Å². The largest absolute Gasteiger partial charge is 0.327 e. The van der Waals surface area contributed by atoms with Crippen molar-refractivity contribution in [2.24, 2.45) is 11.1 Å². The lowest BCUT2D eigenvalue weighted by Crippen LogP contribution is -2.07. The summed E-state index contributed by atoms with van der Waals surface area (Å²) in [6.07, 6.45) is 0. The van der Waals surface area contributed by atoms with Crippen LogP contribution >= 0.6 is 0 Å². The van der Waals surface area contributed by atoms with Crippen LogP contribution < -0.4 is 5.73 Å². The van der Waals surface area contributed by atoms with Crippen LogP contribution in [0.15, 0.2) is 12.1 Å². The van der Waals surface area contributed by atoms with Crippen LogP contribution in [0.5, 0.6) is 0 Å². The summed E-state index contributed by atoms with van der Waals surface area (Å²) in [4.78, 5) is 9.72. The summed E-state index contributed by atoms with van der Waals surface area (Å²) < 4.78 is 27.4. The molecular formula is C11H12F2N2O2. The quantitative estimate of drug-likeness (QED) is 0.639. The summed E-state index contributed by atoms with van der Waals surface area (Å²) in [6, 6.07) is 1.36. The van der Waals surface area contributed by atoms with Gasteiger partial charge in [-0.1, -0.05) is 13.8 Å². The van der Waals surface area contributed by atoms with Gasteiger partial charge < -0.3 is 5.73 Å². The zero-order chi connectivity index (χ0) is 13.0. The van der Waals surface area contributed by atoms with E-state index in [-0.39, 0.29) is 11.6 Å². The van der Waals surface area contributed by atoms with Gasteiger partial charge in [0.2, 0.25) is 5.82 Å². The molecule has 2 atom stereocenters. The molecule has 17 heavy (non-hydrogen) atoms. The average Bonchev–Trinajstić information content (AvgIpc) is 2.68. The molecule has 0 saturated heterocycles. The minimum atomic E-state index is -1.11. The summed E-state index contributed by atoms with van der Waals surface area (Å²) in [7, 11) is 0. The molecule has 0 amide bonds. The molecule has 0 aliphatic heterocycles. The number of rotatable bonds is 2. The van der Waals surface area contributed by atoms with Crippen molar-refractivity contribution in [2.45, 2.75) is 25.8 Å². The molecule has 1 saturated carbocycles. The number of nitro groups is 1. The highest BCUT2D eigenvalue weighted by atomic mass is 19.1. The van der Waals surface area contributed by atoms with Gasteiger partial charge in [-0.3, -0.25) is 10.1 Å². The SMILES string of the molecule is CC1(C)C(N)C1c1c(F)ccc([N+](=O)[O-])c1F. The molecule has 0 spiro atoms. The van der Waals surface area contributed by atoms with Crippen LogP contribution in [0.3, 0.4) is 0 Å². The molecule has 0 radical (unpaired) electrons. The molecule has 0 heterocycles. The van der Waals surface area contributed by atoms with Gasteiger partial charge in [0.25, 0.3) is 0 Å². The fraction of sp³-hybridized carbons (Fsp3) is 0.455. The number of nitro benzene ring substituents is 1. The third kappa shape index (κ3) is 1.59. The van der Waals surface area contributed by atoms with Crippen LogP contribution in [-0.2, 0) is 0 Å². The Morgan fingerprint density at radius 3 is 2.35 bits per heavy atom. The number of halogens is 2. The summed E-state index contributed by atoms with van der Waals surface area (Å²) in [5.41, 5.74) is 4.32. The number of hydrogen-bond acceptors (Lipinski definition) is 3. The van der Waals surface area contributed by atoms with Gasteiger partial charge in [-0.25, -0.2) is 4.39 Å². The second-order valence-corrected chi connectivity index (χ2v) is 4.88. The van der Waals surface area contributed by atoms with Crippen molar-refractivity contribution in [1.82, 2.24) is 0 Å². The highest BCUT2D eigenvalue weighted by molar-refractivity contribution is 5.44. The van der Waals surface area contributed by atoms with E-state index < -0.39 is 33.6 Å². The topological polar surface area (TPSA) is 69.2 Å². The van der Waals surface area contributed by atoms with Crippen LogP contribution in [0.2, 0.25) is 0 Å². The Morgan fingerprint density at radius 1 is 1.41 bits per heavy atom. The Bertz CT molecular complexity index is 502. The normalized spacial score (nSPS) is 25.7. The Balaban J connectivity index is 2.55. The lowest BCUT2D eigenvalue weighted by atomic mass is 10.0. The molecule has 1 aromatic rings. The van der Waals surface area contributed by atoms with Crippen LogP contribution in [-0.4, -0.2) is 11.0 Å². The maximum atomic E-state index is 13.9. The molecule has 1 aromatic carbocycles. The number of nitrogens with zero attached hydrogens (tertiary/aromatic N) is 1. The molecule has 1 aliphatic carbocycles. The van der Waals surface area contributed by atoms with E-state index in [1.54, 1.807) is 13.8 Å². The van der Waals surface area contributed by atoms with Crippen molar-refractivity contribution in [1.29, 1.82) is 0 Å². The highest BCUT2D eigenvalue weighted by Crippen LogP contribution is 2.58. The van der Waals surface area contributed by atoms with Crippen LogP contribution in [0.1, 0.15) is 25.3 Å². The van der Waals surface area contributed by atoms with Crippen molar-refractivity contribution >= 4 is 5.69 Å². The van der Waals surface area contributed by atoms with Crippen molar-refractivity contribution in [3.05, 3.63) is 39.4 Å². The van der Waals surface area contributed by atoms with E-state index in [2.05, 4.69) is 0 Å². The molecular weight excluding hydrogens is 230 g/mol. The molecule has 2 rings (SSSR count). The Labute approximate surface area is 96.6 Å². The fourth-order valence-electron chi connectivity index (χ4n) is 2.21. The second kappa shape index (κ2) is 3.46. The third-order valence-electron chi connectivity index (χ3n) is 3.52. The molecule has 0 aromatic heterocycles. The maximum absolute atomic E-state index is 13.9. The first-order valence-corrected chi connectivity index (χ1v) is 5.16. The average molecular weight is 242 g/mol. The molecule has 92 valence electrons. The first kappa shape index (κ1) is 11.9. The van der Waals surface area contributed by atoms with E-state index in [0.717, 1.165) is 12.1 Å². The van der Waals surface area contributed by atoms with Crippen molar-refractivity contribution in [3.63, 3.8) is 0 Å². The van der Waals surface area contributed by atoms with Gasteiger partial charge in [-0.15, -0.1) is 0 Å². The lowest BCUT2D eigenvalue weighted by Gasteiger charge is -2.06. The standard InChI is InChI=1S/C11H12F2N2O2/c1-11(2)8(10(11)14)7-5(12)3-4-6(9(7)13)15(16)17/h3-4,8,10H,14H2,1-2H3. The van der Waals surface area contributed by atoms with E-state index in [9.17, 15) is 18.9 Å². The summed E-state index contributed by atoms with van der Waals surface area (Å²) >= 11 is 0. The van der Waals surface area contributed by atoms with Crippen LogP contribution in [0.25, 0.3) is 0 Å². The van der Waals surface area contributed by atoms with E-state index in [0.29, 0.717) is 0 Å². The maximum Gasteiger partial charge on any atom is 0.305 e. The minimum absolute atomic E-state index is 0.267. The molecule has 6 heteroatoms. The van der Waals surface area contributed by atoms with Crippen molar-refractivity contribution < 1.29 is 13.7 Å². The number of hydrogen-bond donors (Lipinski definition) is 1. The van der Waals surface area contributed by atoms with Gasteiger partial charge in [0.1, 0.15) is 5.82 Å². The van der Waals surface area contributed by atoms with Gasteiger partial charge in [0.05, 0.1) is 4.92 Å². The summed E-state index contributed by atoms with van der Waals surface area (Å²) in [5.74, 6) is -2.40. The molecule has 2 N–H and O–H groups in total. The minimum Gasteiger partial charge on any atom is -0.327 e. The van der Waals surface area contributed by atoms with E-state index in [4.69, 9.17) is 5.73 Å². The molecule has 4 nitrogen and oxygen atoms in total. The second-order valence-electron chi connectivity index (χ2n) is 4.88. The van der Waals surface area contributed by atoms with Gasteiger partial charge in [0.15, 0.2) is 0 Å². The predicted molar refractivity (Wildman–Crippen MR) is 57.5 cm³/mol. The predicted octanol–water partition coefficient (Wildman–Crippen LogP) is 2.32. The number of nitrogens with two attached hydrogens (primary N) is 1.